The van der Waals surface area contributed by atoms with Crippen molar-refractivity contribution in [3.8, 4) is 0 Å². The maximum atomic E-state index is 14.7. The Bertz CT molecular complexity index is 642. The normalized spacial score (nSPS) is 17.3. The lowest BCUT2D eigenvalue weighted by molar-refractivity contribution is 0.451. The molecule has 1 atom stereocenters. The van der Waals surface area contributed by atoms with Crippen LogP contribution in [0.4, 0.5) is 8.78 Å². The molecule has 2 rings (SSSR count). The molecular weight excluding hydrogens is 350 g/mol. The molecule has 0 fully saturated rings. The number of hydrogen-bond acceptors (Lipinski definition) is 0. The maximum absolute atomic E-state index is 14.7. The van der Waals surface area contributed by atoms with Crippen molar-refractivity contribution in [1.29, 1.82) is 0 Å². The van der Waals surface area contributed by atoms with E-state index in [1.807, 2.05) is 13.0 Å². The highest BCUT2D eigenvalue weighted by molar-refractivity contribution is 5.67. The zero-order valence-corrected chi connectivity index (χ0v) is 17.9. The second-order valence-corrected chi connectivity index (χ2v) is 8.29. The summed E-state index contributed by atoms with van der Waals surface area (Å²) in [6.45, 7) is 4.27. The van der Waals surface area contributed by atoms with E-state index in [9.17, 15) is 8.78 Å². The molecule has 1 unspecified atom stereocenters. The largest absolute Gasteiger partial charge is 0.203 e. The van der Waals surface area contributed by atoms with Gasteiger partial charge in [0, 0.05) is 5.56 Å². The van der Waals surface area contributed by atoms with Crippen molar-refractivity contribution in [3.63, 3.8) is 0 Å². The highest BCUT2D eigenvalue weighted by Gasteiger charge is 2.20. The van der Waals surface area contributed by atoms with Gasteiger partial charge in [0.25, 0.3) is 0 Å². The molecule has 0 spiro atoms. The van der Waals surface area contributed by atoms with Crippen LogP contribution < -0.4 is 0 Å². The van der Waals surface area contributed by atoms with Gasteiger partial charge in [0.2, 0.25) is 0 Å². The van der Waals surface area contributed by atoms with Crippen molar-refractivity contribution in [1.82, 2.24) is 0 Å². The van der Waals surface area contributed by atoms with Crippen molar-refractivity contribution in [2.45, 2.75) is 97.3 Å². The van der Waals surface area contributed by atoms with Crippen LogP contribution in [0, 0.1) is 17.6 Å². The predicted molar refractivity (Wildman–Crippen MR) is 117 cm³/mol. The zero-order chi connectivity index (χ0) is 20.2. The number of hydrogen-bond donors (Lipinski definition) is 0. The Morgan fingerprint density at radius 1 is 1.00 bits per heavy atom. The van der Waals surface area contributed by atoms with Gasteiger partial charge in [0.05, 0.1) is 0 Å². The third-order valence-electron chi connectivity index (χ3n) is 6.05. The lowest BCUT2D eigenvalue weighted by Gasteiger charge is -2.22. The van der Waals surface area contributed by atoms with E-state index in [1.54, 1.807) is 6.07 Å². The van der Waals surface area contributed by atoms with Crippen molar-refractivity contribution in [2.75, 3.05) is 0 Å². The van der Waals surface area contributed by atoms with E-state index in [-0.39, 0.29) is 0 Å². The number of rotatable bonds is 12. The molecule has 0 heterocycles. The van der Waals surface area contributed by atoms with Crippen LogP contribution in [0.2, 0.25) is 0 Å². The lowest BCUT2D eigenvalue weighted by atomic mass is 9.84. The molecule has 0 aliphatic heterocycles. The molecule has 0 nitrogen and oxygen atoms in total. The SMILES string of the molecule is CC=CCCC1CC=C(c2ccc(CCCCCCCCC)c(F)c2F)CC1. The fraction of sp³-hybridized carbons (Fsp3) is 0.615. The minimum atomic E-state index is -0.640. The van der Waals surface area contributed by atoms with Crippen molar-refractivity contribution in [3.05, 3.63) is 53.1 Å². The Kier molecular flexibility index (Phi) is 10.5. The molecule has 2 heteroatoms. The molecule has 0 radical (unpaired) electrons. The molecule has 0 aromatic heterocycles. The van der Waals surface area contributed by atoms with Gasteiger partial charge in [-0.15, -0.1) is 0 Å². The van der Waals surface area contributed by atoms with Crippen LogP contribution in [-0.4, -0.2) is 0 Å². The van der Waals surface area contributed by atoms with E-state index in [4.69, 9.17) is 0 Å². The molecule has 0 N–H and O–H groups in total. The summed E-state index contributed by atoms with van der Waals surface area (Å²) in [6, 6.07) is 3.62. The summed E-state index contributed by atoms with van der Waals surface area (Å²) < 4.78 is 29.2. The molecule has 156 valence electrons. The Morgan fingerprint density at radius 3 is 2.43 bits per heavy atom. The molecule has 0 bridgehead atoms. The van der Waals surface area contributed by atoms with Gasteiger partial charge in [-0.05, 0) is 68.9 Å². The van der Waals surface area contributed by atoms with Crippen molar-refractivity contribution in [2.24, 2.45) is 5.92 Å². The van der Waals surface area contributed by atoms with Gasteiger partial charge >= 0.3 is 0 Å². The van der Waals surface area contributed by atoms with Gasteiger partial charge in [0.1, 0.15) is 0 Å². The second-order valence-electron chi connectivity index (χ2n) is 8.29. The first-order chi connectivity index (χ1) is 13.7. The summed E-state index contributed by atoms with van der Waals surface area (Å²) in [7, 11) is 0. The summed E-state index contributed by atoms with van der Waals surface area (Å²) in [5, 5.41) is 0. The van der Waals surface area contributed by atoms with Crippen LogP contribution in [0.5, 0.6) is 0 Å². The highest BCUT2D eigenvalue weighted by atomic mass is 19.2. The number of aryl methyl sites for hydroxylation is 1. The minimum Gasteiger partial charge on any atom is -0.203 e. The molecule has 1 aliphatic rings. The van der Waals surface area contributed by atoms with Gasteiger partial charge in [0.15, 0.2) is 11.6 Å². The van der Waals surface area contributed by atoms with Gasteiger partial charge in [-0.25, -0.2) is 8.78 Å². The second kappa shape index (κ2) is 12.9. The Hall–Kier alpha value is -1.44. The van der Waals surface area contributed by atoms with E-state index < -0.39 is 11.6 Å². The molecule has 28 heavy (non-hydrogen) atoms. The van der Waals surface area contributed by atoms with E-state index in [0.29, 0.717) is 23.5 Å². The summed E-state index contributed by atoms with van der Waals surface area (Å²) in [5.74, 6) is -0.594. The quantitative estimate of drug-likeness (QED) is 0.248. The Balaban J connectivity index is 1.86. The summed E-state index contributed by atoms with van der Waals surface area (Å²) in [4.78, 5) is 0. The average molecular weight is 389 g/mol. The zero-order valence-electron chi connectivity index (χ0n) is 17.9. The van der Waals surface area contributed by atoms with Crippen molar-refractivity contribution < 1.29 is 8.78 Å². The minimum absolute atomic E-state index is 0.479. The molecule has 0 saturated carbocycles. The van der Waals surface area contributed by atoms with Crippen molar-refractivity contribution >= 4 is 5.57 Å². The fourth-order valence-corrected chi connectivity index (χ4v) is 4.20. The van der Waals surface area contributed by atoms with Crippen LogP contribution in [-0.2, 0) is 6.42 Å². The first-order valence-corrected chi connectivity index (χ1v) is 11.4. The maximum Gasteiger partial charge on any atom is 0.166 e. The van der Waals surface area contributed by atoms with Crippen LogP contribution in [0.25, 0.3) is 5.57 Å². The van der Waals surface area contributed by atoms with Gasteiger partial charge in [-0.2, -0.15) is 0 Å². The Morgan fingerprint density at radius 2 is 1.75 bits per heavy atom. The first kappa shape index (κ1) is 22.8. The fourth-order valence-electron chi connectivity index (χ4n) is 4.20. The Labute approximate surface area is 171 Å². The topological polar surface area (TPSA) is 0 Å². The number of unbranched alkanes of at least 4 members (excludes halogenated alkanes) is 6. The van der Waals surface area contributed by atoms with Crippen LogP contribution >= 0.6 is 0 Å². The van der Waals surface area contributed by atoms with Gasteiger partial charge in [-0.1, -0.05) is 75.8 Å². The summed E-state index contributed by atoms with van der Waals surface area (Å²) in [6.07, 6.45) is 20.6. The standard InChI is InChI=1S/C26H38F2/c1-3-5-7-8-9-10-12-14-23-19-20-24(26(28)25(23)27)22-17-15-21(16-18-22)13-11-6-4-2/h4,6,17,19-21H,3,5,7-16,18H2,1-2H3. The lowest BCUT2D eigenvalue weighted by Crippen LogP contribution is -2.07. The first-order valence-electron chi connectivity index (χ1n) is 11.4. The average Bonchev–Trinajstić information content (AvgIpc) is 2.71. The molecule has 1 aromatic carbocycles. The van der Waals surface area contributed by atoms with E-state index in [1.165, 1.54) is 38.5 Å². The van der Waals surface area contributed by atoms with Crippen LogP contribution in [0.15, 0.2) is 30.4 Å². The third-order valence-corrected chi connectivity index (χ3v) is 6.05. The van der Waals surface area contributed by atoms with Crippen LogP contribution in [0.3, 0.4) is 0 Å². The van der Waals surface area contributed by atoms with Gasteiger partial charge < -0.3 is 0 Å². The van der Waals surface area contributed by atoms with E-state index >= 15 is 0 Å². The van der Waals surface area contributed by atoms with Crippen LogP contribution in [0.1, 0.15) is 102 Å². The van der Waals surface area contributed by atoms with Gasteiger partial charge in [-0.3, -0.25) is 0 Å². The molecule has 0 amide bonds. The van der Waals surface area contributed by atoms with E-state index in [0.717, 1.165) is 44.1 Å². The summed E-state index contributed by atoms with van der Waals surface area (Å²) in [5.41, 5.74) is 2.00. The smallest absolute Gasteiger partial charge is 0.166 e. The molecule has 1 aromatic rings. The van der Waals surface area contributed by atoms with E-state index in [2.05, 4.69) is 25.2 Å². The third kappa shape index (κ3) is 7.18. The summed E-state index contributed by atoms with van der Waals surface area (Å²) >= 11 is 0. The monoisotopic (exact) mass is 388 g/mol. The number of benzene rings is 1. The predicted octanol–water partition coefficient (Wildman–Crippen LogP) is 8.80. The number of halogens is 2. The molecular formula is C26H38F2. The number of allylic oxidation sites excluding steroid dienone is 4. The molecule has 1 aliphatic carbocycles. The highest BCUT2D eigenvalue weighted by Crippen LogP contribution is 2.34. The molecule has 0 saturated heterocycles.